The SMILES string of the molecule is O=C1CCc2cc(Br)c(OCc3ccccc3)cc2N1. The van der Waals surface area contributed by atoms with Crippen molar-refractivity contribution in [2.45, 2.75) is 19.4 Å². The average Bonchev–Trinajstić information content (AvgIpc) is 2.46. The highest BCUT2D eigenvalue weighted by molar-refractivity contribution is 9.10. The second-order valence-electron chi connectivity index (χ2n) is 4.76. The van der Waals surface area contributed by atoms with Crippen molar-refractivity contribution >= 4 is 27.5 Å². The van der Waals surface area contributed by atoms with Gasteiger partial charge in [-0.2, -0.15) is 0 Å². The van der Waals surface area contributed by atoms with Crippen molar-refractivity contribution in [1.82, 2.24) is 0 Å². The Morgan fingerprint density at radius 3 is 2.75 bits per heavy atom. The lowest BCUT2D eigenvalue weighted by Crippen LogP contribution is -2.19. The van der Waals surface area contributed by atoms with Gasteiger partial charge in [0.05, 0.1) is 4.47 Å². The van der Waals surface area contributed by atoms with Crippen LogP contribution < -0.4 is 10.1 Å². The summed E-state index contributed by atoms with van der Waals surface area (Å²) in [4.78, 5) is 11.4. The van der Waals surface area contributed by atoms with Crippen LogP contribution in [0.3, 0.4) is 0 Å². The van der Waals surface area contributed by atoms with Gasteiger partial charge in [0, 0.05) is 18.2 Å². The van der Waals surface area contributed by atoms with Crippen LogP contribution in [0.5, 0.6) is 5.75 Å². The molecule has 1 aliphatic rings. The van der Waals surface area contributed by atoms with Crippen molar-refractivity contribution < 1.29 is 9.53 Å². The number of fused-ring (bicyclic) bond motifs is 1. The van der Waals surface area contributed by atoms with E-state index in [4.69, 9.17) is 4.74 Å². The third-order valence-corrected chi connectivity index (χ3v) is 3.91. The molecule has 20 heavy (non-hydrogen) atoms. The lowest BCUT2D eigenvalue weighted by atomic mass is 10.0. The molecular weight excluding hydrogens is 318 g/mol. The number of benzene rings is 2. The van der Waals surface area contributed by atoms with Gasteiger partial charge in [-0.15, -0.1) is 0 Å². The van der Waals surface area contributed by atoms with Crippen LogP contribution in [0.15, 0.2) is 46.9 Å². The highest BCUT2D eigenvalue weighted by Crippen LogP contribution is 2.34. The summed E-state index contributed by atoms with van der Waals surface area (Å²) in [6.07, 6.45) is 1.32. The highest BCUT2D eigenvalue weighted by Gasteiger charge is 2.17. The number of anilines is 1. The van der Waals surface area contributed by atoms with Gasteiger partial charge < -0.3 is 10.1 Å². The number of ether oxygens (including phenoxy) is 1. The third-order valence-electron chi connectivity index (χ3n) is 3.29. The van der Waals surface area contributed by atoms with Gasteiger partial charge >= 0.3 is 0 Å². The lowest BCUT2D eigenvalue weighted by Gasteiger charge is -2.19. The van der Waals surface area contributed by atoms with Gasteiger partial charge in [-0.1, -0.05) is 30.3 Å². The first-order valence-corrected chi connectivity index (χ1v) is 7.30. The Kier molecular flexibility index (Phi) is 3.74. The molecule has 0 bridgehead atoms. The summed E-state index contributed by atoms with van der Waals surface area (Å²) in [5, 5.41) is 2.89. The predicted octanol–water partition coefficient (Wildman–Crippen LogP) is 3.91. The third kappa shape index (κ3) is 2.85. The number of carbonyl (C=O) groups is 1. The van der Waals surface area contributed by atoms with Crippen LogP contribution in [0.1, 0.15) is 17.5 Å². The monoisotopic (exact) mass is 331 g/mol. The molecule has 0 saturated carbocycles. The average molecular weight is 332 g/mol. The van der Waals surface area contributed by atoms with E-state index in [1.165, 1.54) is 0 Å². The van der Waals surface area contributed by atoms with Gasteiger partial charge in [0.1, 0.15) is 12.4 Å². The molecule has 0 fully saturated rings. The molecule has 0 atom stereocenters. The van der Waals surface area contributed by atoms with Crippen LogP contribution in [0, 0.1) is 0 Å². The smallest absolute Gasteiger partial charge is 0.224 e. The number of amides is 1. The number of hydrogen-bond acceptors (Lipinski definition) is 2. The molecule has 3 rings (SSSR count). The Hall–Kier alpha value is -1.81. The maximum absolute atomic E-state index is 11.4. The topological polar surface area (TPSA) is 38.3 Å². The number of halogens is 1. The Labute approximate surface area is 126 Å². The molecule has 0 unspecified atom stereocenters. The lowest BCUT2D eigenvalue weighted by molar-refractivity contribution is -0.116. The number of rotatable bonds is 3. The summed E-state index contributed by atoms with van der Waals surface area (Å²) in [5.74, 6) is 0.809. The van der Waals surface area contributed by atoms with Crippen molar-refractivity contribution in [2.75, 3.05) is 5.32 Å². The van der Waals surface area contributed by atoms with Crippen molar-refractivity contribution in [3.05, 3.63) is 58.1 Å². The normalized spacial score (nSPS) is 13.6. The molecule has 1 aliphatic heterocycles. The summed E-state index contributed by atoms with van der Waals surface area (Å²) >= 11 is 3.53. The quantitative estimate of drug-likeness (QED) is 0.925. The zero-order valence-electron chi connectivity index (χ0n) is 10.9. The predicted molar refractivity (Wildman–Crippen MR) is 81.9 cm³/mol. The van der Waals surface area contributed by atoms with Crippen LogP contribution in [-0.2, 0) is 17.8 Å². The Morgan fingerprint density at radius 2 is 1.95 bits per heavy atom. The molecule has 2 aromatic rings. The zero-order valence-corrected chi connectivity index (χ0v) is 12.4. The van der Waals surface area contributed by atoms with E-state index >= 15 is 0 Å². The van der Waals surface area contributed by atoms with Gasteiger partial charge in [-0.3, -0.25) is 4.79 Å². The van der Waals surface area contributed by atoms with Gasteiger partial charge in [0.25, 0.3) is 0 Å². The second kappa shape index (κ2) is 5.67. The molecule has 2 aromatic carbocycles. The molecule has 0 spiro atoms. The zero-order chi connectivity index (χ0) is 13.9. The highest BCUT2D eigenvalue weighted by atomic mass is 79.9. The van der Waals surface area contributed by atoms with E-state index in [0.717, 1.165) is 33.5 Å². The first-order valence-electron chi connectivity index (χ1n) is 6.51. The van der Waals surface area contributed by atoms with Crippen molar-refractivity contribution in [1.29, 1.82) is 0 Å². The van der Waals surface area contributed by atoms with E-state index in [1.807, 2.05) is 42.5 Å². The summed E-state index contributed by atoms with van der Waals surface area (Å²) in [6.45, 7) is 0.506. The van der Waals surface area contributed by atoms with Gasteiger partial charge in [0.15, 0.2) is 0 Å². The van der Waals surface area contributed by atoms with Crippen LogP contribution in [0.25, 0.3) is 0 Å². The van der Waals surface area contributed by atoms with Crippen molar-refractivity contribution in [2.24, 2.45) is 0 Å². The molecule has 1 N–H and O–H groups in total. The van der Waals surface area contributed by atoms with Gasteiger partial charge in [-0.05, 0) is 39.5 Å². The summed E-state index contributed by atoms with van der Waals surface area (Å²) in [5.41, 5.74) is 3.11. The van der Waals surface area contributed by atoms with Gasteiger partial charge in [-0.25, -0.2) is 0 Å². The fourth-order valence-electron chi connectivity index (χ4n) is 2.22. The summed E-state index contributed by atoms with van der Waals surface area (Å²) < 4.78 is 6.75. The summed E-state index contributed by atoms with van der Waals surface area (Å²) in [7, 11) is 0. The molecule has 102 valence electrons. The maximum atomic E-state index is 11.4. The first kappa shape index (κ1) is 13.2. The molecule has 0 saturated heterocycles. The minimum Gasteiger partial charge on any atom is -0.488 e. The number of hydrogen-bond donors (Lipinski definition) is 1. The van der Waals surface area contributed by atoms with E-state index in [1.54, 1.807) is 0 Å². The van der Waals surface area contributed by atoms with Crippen LogP contribution in [0.4, 0.5) is 5.69 Å². The fraction of sp³-hybridized carbons (Fsp3) is 0.188. The number of nitrogens with one attached hydrogen (secondary N) is 1. The largest absolute Gasteiger partial charge is 0.488 e. The number of carbonyl (C=O) groups excluding carboxylic acids is 1. The Bertz CT molecular complexity index is 640. The Balaban J connectivity index is 1.80. The molecule has 1 heterocycles. The van der Waals surface area contributed by atoms with E-state index in [-0.39, 0.29) is 5.91 Å². The minimum absolute atomic E-state index is 0.0637. The molecule has 4 heteroatoms. The fourth-order valence-corrected chi connectivity index (χ4v) is 2.73. The molecule has 3 nitrogen and oxygen atoms in total. The molecule has 0 aliphatic carbocycles. The number of aryl methyl sites for hydroxylation is 1. The maximum Gasteiger partial charge on any atom is 0.224 e. The molecular formula is C16H14BrNO2. The standard InChI is InChI=1S/C16H14BrNO2/c17-13-8-12-6-7-16(19)18-14(12)9-15(13)20-10-11-4-2-1-3-5-11/h1-5,8-9H,6-7,10H2,(H,18,19). The van der Waals surface area contributed by atoms with Crippen molar-refractivity contribution in [3.8, 4) is 5.75 Å². The van der Waals surface area contributed by atoms with Crippen molar-refractivity contribution in [3.63, 3.8) is 0 Å². The molecule has 0 radical (unpaired) electrons. The first-order chi connectivity index (χ1) is 9.72. The van der Waals surface area contributed by atoms with Crippen LogP contribution in [-0.4, -0.2) is 5.91 Å². The van der Waals surface area contributed by atoms with E-state index in [0.29, 0.717) is 13.0 Å². The van der Waals surface area contributed by atoms with Gasteiger partial charge in [0.2, 0.25) is 5.91 Å². The van der Waals surface area contributed by atoms with E-state index in [9.17, 15) is 4.79 Å². The summed E-state index contributed by atoms with van der Waals surface area (Å²) in [6, 6.07) is 13.9. The van der Waals surface area contributed by atoms with E-state index < -0.39 is 0 Å². The second-order valence-corrected chi connectivity index (χ2v) is 5.62. The Morgan fingerprint density at radius 1 is 1.15 bits per heavy atom. The van der Waals surface area contributed by atoms with E-state index in [2.05, 4.69) is 21.2 Å². The molecule has 0 aromatic heterocycles. The van der Waals surface area contributed by atoms with Crippen LogP contribution >= 0.6 is 15.9 Å². The molecule has 1 amide bonds. The minimum atomic E-state index is 0.0637. The van der Waals surface area contributed by atoms with Crippen LogP contribution in [0.2, 0.25) is 0 Å².